The summed E-state index contributed by atoms with van der Waals surface area (Å²) in [5.41, 5.74) is 1.16. The second kappa shape index (κ2) is 10.0. The molecule has 6 heteroatoms. The average molecular weight is 349 g/mol. The van der Waals surface area contributed by atoms with Gasteiger partial charge in [-0.3, -0.25) is 9.59 Å². The van der Waals surface area contributed by atoms with Gasteiger partial charge in [0.2, 0.25) is 0 Å². The largest absolute Gasteiger partial charge is 0.484 e. The van der Waals surface area contributed by atoms with Crippen LogP contribution in [0.2, 0.25) is 0 Å². The number of ether oxygens (including phenoxy) is 3. The first-order valence-electron chi connectivity index (χ1n) is 8.80. The molecule has 0 aliphatic carbocycles. The first-order chi connectivity index (χ1) is 12.1. The summed E-state index contributed by atoms with van der Waals surface area (Å²) in [6.07, 6.45) is 3.05. The highest BCUT2D eigenvalue weighted by molar-refractivity contribution is 5.78. The fraction of sp³-hybridized carbons (Fsp3) is 0.579. The predicted octanol–water partition coefficient (Wildman–Crippen LogP) is 2.20. The fourth-order valence-electron chi connectivity index (χ4n) is 2.77. The van der Waals surface area contributed by atoms with Crippen LogP contribution in [0, 0.1) is 0 Å². The number of benzene rings is 1. The Bertz CT molecular complexity index is 569. The summed E-state index contributed by atoms with van der Waals surface area (Å²) < 4.78 is 15.9. The van der Waals surface area contributed by atoms with Crippen LogP contribution in [-0.4, -0.2) is 56.3 Å². The molecule has 1 heterocycles. The maximum Gasteiger partial charge on any atom is 0.307 e. The highest BCUT2D eigenvalue weighted by atomic mass is 16.5. The van der Waals surface area contributed by atoms with Gasteiger partial charge in [-0.05, 0) is 37.0 Å². The van der Waals surface area contributed by atoms with Crippen LogP contribution in [0.4, 0.5) is 0 Å². The van der Waals surface area contributed by atoms with Gasteiger partial charge in [0, 0.05) is 19.7 Å². The second-order valence-corrected chi connectivity index (χ2v) is 6.09. The molecule has 0 N–H and O–H groups in total. The third-order valence-electron chi connectivity index (χ3n) is 4.28. The molecular formula is C19H27NO5. The van der Waals surface area contributed by atoms with Crippen molar-refractivity contribution in [2.75, 3.05) is 33.4 Å². The number of amides is 1. The molecule has 0 bridgehead atoms. The van der Waals surface area contributed by atoms with Crippen LogP contribution in [0.25, 0.3) is 0 Å². The van der Waals surface area contributed by atoms with Crippen LogP contribution in [0.1, 0.15) is 31.7 Å². The molecule has 138 valence electrons. The van der Waals surface area contributed by atoms with Gasteiger partial charge in [-0.15, -0.1) is 0 Å². The Kier molecular flexibility index (Phi) is 7.73. The van der Waals surface area contributed by atoms with Crippen LogP contribution in [0.15, 0.2) is 24.3 Å². The smallest absolute Gasteiger partial charge is 0.307 e. The van der Waals surface area contributed by atoms with Crippen LogP contribution in [0.3, 0.4) is 0 Å². The molecule has 1 unspecified atom stereocenters. The molecular weight excluding hydrogens is 322 g/mol. The van der Waals surface area contributed by atoms with Crippen molar-refractivity contribution in [1.82, 2.24) is 4.90 Å². The van der Waals surface area contributed by atoms with Crippen molar-refractivity contribution >= 4 is 11.9 Å². The monoisotopic (exact) mass is 349 g/mol. The summed E-state index contributed by atoms with van der Waals surface area (Å²) in [5, 5.41) is 0. The number of aryl methyl sites for hydroxylation is 1. The Labute approximate surface area is 149 Å². The lowest BCUT2D eigenvalue weighted by atomic mass is 10.2. The summed E-state index contributed by atoms with van der Waals surface area (Å²) in [6, 6.07) is 7.71. The first kappa shape index (κ1) is 19.2. The quantitative estimate of drug-likeness (QED) is 0.640. The molecule has 1 amide bonds. The van der Waals surface area contributed by atoms with E-state index in [2.05, 4.69) is 11.7 Å². The highest BCUT2D eigenvalue weighted by Crippen LogP contribution is 2.16. The Morgan fingerprint density at radius 3 is 2.88 bits per heavy atom. The van der Waals surface area contributed by atoms with E-state index in [4.69, 9.17) is 9.47 Å². The predicted molar refractivity (Wildman–Crippen MR) is 93.5 cm³/mol. The molecule has 1 aliphatic heterocycles. The molecule has 0 spiro atoms. The maximum atomic E-state index is 12.6. The minimum atomic E-state index is -0.332. The molecule has 1 atom stereocenters. The molecule has 0 aromatic heterocycles. The summed E-state index contributed by atoms with van der Waals surface area (Å²) in [5.74, 6) is 0.195. The molecule has 0 radical (unpaired) electrons. The van der Waals surface area contributed by atoms with E-state index in [1.165, 1.54) is 7.11 Å². The Morgan fingerprint density at radius 2 is 2.20 bits per heavy atom. The highest BCUT2D eigenvalue weighted by Gasteiger charge is 2.23. The van der Waals surface area contributed by atoms with E-state index < -0.39 is 0 Å². The summed E-state index contributed by atoms with van der Waals surface area (Å²) in [6.45, 7) is 3.53. The minimum Gasteiger partial charge on any atom is -0.484 e. The van der Waals surface area contributed by atoms with E-state index in [1.54, 1.807) is 4.90 Å². The van der Waals surface area contributed by atoms with E-state index in [9.17, 15) is 9.59 Å². The molecule has 25 heavy (non-hydrogen) atoms. The molecule has 1 fully saturated rings. The average Bonchev–Trinajstić information content (AvgIpc) is 3.16. The number of hydrogen-bond acceptors (Lipinski definition) is 5. The van der Waals surface area contributed by atoms with Gasteiger partial charge < -0.3 is 19.1 Å². The van der Waals surface area contributed by atoms with Crippen molar-refractivity contribution in [3.05, 3.63) is 29.8 Å². The van der Waals surface area contributed by atoms with Gasteiger partial charge in [0.15, 0.2) is 6.61 Å². The van der Waals surface area contributed by atoms with Gasteiger partial charge in [-0.2, -0.15) is 0 Å². The molecule has 0 saturated carbocycles. The number of hydrogen-bond donors (Lipinski definition) is 0. The summed E-state index contributed by atoms with van der Waals surface area (Å²) >= 11 is 0. The third kappa shape index (κ3) is 6.38. The zero-order chi connectivity index (χ0) is 18.1. The number of esters is 1. The van der Waals surface area contributed by atoms with Crippen LogP contribution >= 0.6 is 0 Å². The number of carbonyl (C=O) groups is 2. The standard InChI is InChI=1S/C19H27NO5/c1-3-15-6-4-7-16(12-15)25-14-18(21)20(10-9-19(22)23-2)13-17-8-5-11-24-17/h4,6-7,12,17H,3,5,8-11,13-14H2,1-2H3. The van der Waals surface area contributed by atoms with Gasteiger partial charge in [-0.1, -0.05) is 19.1 Å². The lowest BCUT2D eigenvalue weighted by Gasteiger charge is -2.25. The van der Waals surface area contributed by atoms with Gasteiger partial charge in [0.25, 0.3) is 5.91 Å². The second-order valence-electron chi connectivity index (χ2n) is 6.09. The summed E-state index contributed by atoms with van der Waals surface area (Å²) in [4.78, 5) is 25.6. The Morgan fingerprint density at radius 1 is 1.36 bits per heavy atom. The first-order valence-corrected chi connectivity index (χ1v) is 8.80. The van der Waals surface area contributed by atoms with E-state index >= 15 is 0 Å². The Balaban J connectivity index is 1.91. The lowest BCUT2D eigenvalue weighted by molar-refractivity contribution is -0.142. The summed E-state index contributed by atoms with van der Waals surface area (Å²) in [7, 11) is 1.35. The van der Waals surface area contributed by atoms with Crippen LogP contribution in [-0.2, 0) is 25.5 Å². The van der Waals surface area contributed by atoms with E-state index in [1.807, 2.05) is 24.3 Å². The van der Waals surface area contributed by atoms with E-state index in [0.717, 1.165) is 31.4 Å². The topological polar surface area (TPSA) is 65.1 Å². The lowest BCUT2D eigenvalue weighted by Crippen LogP contribution is -2.41. The van der Waals surface area contributed by atoms with Crippen molar-refractivity contribution in [3.63, 3.8) is 0 Å². The van der Waals surface area contributed by atoms with Gasteiger partial charge in [-0.25, -0.2) is 0 Å². The van der Waals surface area contributed by atoms with Crippen molar-refractivity contribution in [3.8, 4) is 5.75 Å². The molecule has 6 nitrogen and oxygen atoms in total. The van der Waals surface area contributed by atoms with Gasteiger partial charge in [0.1, 0.15) is 5.75 Å². The normalized spacial score (nSPS) is 16.5. The van der Waals surface area contributed by atoms with Crippen molar-refractivity contribution in [2.24, 2.45) is 0 Å². The number of nitrogens with zero attached hydrogens (tertiary/aromatic N) is 1. The number of carbonyl (C=O) groups excluding carboxylic acids is 2. The van der Waals surface area contributed by atoms with Crippen molar-refractivity contribution in [2.45, 2.75) is 38.7 Å². The number of rotatable bonds is 9. The van der Waals surface area contributed by atoms with Crippen LogP contribution < -0.4 is 4.74 Å². The molecule has 1 aromatic carbocycles. The van der Waals surface area contributed by atoms with E-state index in [0.29, 0.717) is 18.8 Å². The fourth-order valence-corrected chi connectivity index (χ4v) is 2.77. The van der Waals surface area contributed by atoms with Crippen molar-refractivity contribution < 1.29 is 23.8 Å². The maximum absolute atomic E-state index is 12.6. The van der Waals surface area contributed by atoms with E-state index in [-0.39, 0.29) is 31.0 Å². The molecule has 1 saturated heterocycles. The van der Waals surface area contributed by atoms with Gasteiger partial charge >= 0.3 is 5.97 Å². The van der Waals surface area contributed by atoms with Crippen LogP contribution in [0.5, 0.6) is 5.75 Å². The van der Waals surface area contributed by atoms with Crippen molar-refractivity contribution in [1.29, 1.82) is 0 Å². The zero-order valence-corrected chi connectivity index (χ0v) is 15.0. The molecule has 1 aromatic rings. The molecule has 1 aliphatic rings. The Hall–Kier alpha value is -2.08. The zero-order valence-electron chi connectivity index (χ0n) is 15.0. The SMILES string of the molecule is CCc1cccc(OCC(=O)N(CCC(=O)OC)CC2CCCO2)c1. The molecule has 2 rings (SSSR count). The van der Waals surface area contributed by atoms with Gasteiger partial charge in [0.05, 0.1) is 19.6 Å². The third-order valence-corrected chi connectivity index (χ3v) is 4.28. The minimum absolute atomic E-state index is 0.0324. The number of methoxy groups -OCH3 is 1.